The molecule has 0 bridgehead atoms. The van der Waals surface area contributed by atoms with Crippen LogP contribution in [-0.4, -0.2) is 50.0 Å². The average Bonchev–Trinajstić information content (AvgIpc) is 2.72. The quantitative estimate of drug-likeness (QED) is 0.661. The number of aryl methyl sites for hydroxylation is 1. The fourth-order valence-electron chi connectivity index (χ4n) is 3.06. The number of ether oxygens (including phenoxy) is 2. The fraction of sp³-hybridized carbons (Fsp3) is 0.227. The summed E-state index contributed by atoms with van der Waals surface area (Å²) in [6, 6.07) is 10.1. The minimum Gasteiger partial charge on any atom is -0.493 e. The van der Waals surface area contributed by atoms with Crippen LogP contribution in [-0.2, 0) is 0 Å². The molecular weight excluding hydrogens is 406 g/mol. The van der Waals surface area contributed by atoms with E-state index in [9.17, 15) is 9.59 Å². The van der Waals surface area contributed by atoms with Crippen LogP contribution in [0, 0.1) is 6.92 Å². The summed E-state index contributed by atoms with van der Waals surface area (Å²) in [5.41, 5.74) is 2.26. The van der Waals surface area contributed by atoms with Crippen molar-refractivity contribution in [2.45, 2.75) is 6.92 Å². The first-order valence-corrected chi connectivity index (χ1v) is 9.49. The summed E-state index contributed by atoms with van der Waals surface area (Å²) in [6.07, 6.45) is 0. The number of hydrogen-bond donors (Lipinski definition) is 1. The number of nitrogens with zero attached hydrogens (tertiary/aromatic N) is 2. The number of carbonyl (C=O) groups excluding carboxylic acids is 2. The van der Waals surface area contributed by atoms with Gasteiger partial charge >= 0.3 is 0 Å². The number of hydrogen-bond acceptors (Lipinski definition) is 5. The third-order valence-electron chi connectivity index (χ3n) is 4.62. The van der Waals surface area contributed by atoms with Crippen LogP contribution in [0.1, 0.15) is 26.4 Å². The number of halogens is 1. The maximum Gasteiger partial charge on any atom is 0.257 e. The van der Waals surface area contributed by atoms with E-state index < -0.39 is 5.91 Å². The molecule has 8 heteroatoms. The lowest BCUT2D eigenvalue weighted by Gasteiger charge is -2.18. The third-order valence-corrected chi connectivity index (χ3v) is 4.86. The second-order valence-electron chi connectivity index (χ2n) is 6.86. The zero-order valence-electron chi connectivity index (χ0n) is 17.4. The molecule has 156 valence electrons. The summed E-state index contributed by atoms with van der Waals surface area (Å²) < 4.78 is 10.6. The van der Waals surface area contributed by atoms with Gasteiger partial charge in [0.05, 0.1) is 42.2 Å². The molecule has 0 aliphatic carbocycles. The molecular formula is C22H22ClN3O4. The van der Waals surface area contributed by atoms with Crippen molar-refractivity contribution in [1.82, 2.24) is 9.88 Å². The molecule has 1 heterocycles. The van der Waals surface area contributed by atoms with E-state index in [1.807, 2.05) is 0 Å². The smallest absolute Gasteiger partial charge is 0.257 e. The topological polar surface area (TPSA) is 80.8 Å². The van der Waals surface area contributed by atoms with E-state index in [0.29, 0.717) is 33.5 Å². The Hall–Kier alpha value is -3.32. The molecule has 0 fully saturated rings. The van der Waals surface area contributed by atoms with Gasteiger partial charge in [0.15, 0.2) is 11.5 Å². The highest BCUT2D eigenvalue weighted by molar-refractivity contribution is 6.31. The molecule has 0 radical (unpaired) electrons. The van der Waals surface area contributed by atoms with Gasteiger partial charge in [0.25, 0.3) is 11.8 Å². The molecule has 0 aliphatic heterocycles. The highest BCUT2D eigenvalue weighted by atomic mass is 35.5. The number of nitrogens with one attached hydrogen (secondary N) is 1. The first-order valence-electron chi connectivity index (χ1n) is 9.11. The van der Waals surface area contributed by atoms with Gasteiger partial charge in [-0.05, 0) is 37.3 Å². The molecule has 30 heavy (non-hydrogen) atoms. The van der Waals surface area contributed by atoms with Crippen molar-refractivity contribution in [3.8, 4) is 11.5 Å². The summed E-state index contributed by atoms with van der Waals surface area (Å²) in [5.74, 6) is 0.0930. The monoisotopic (exact) mass is 427 g/mol. The second kappa shape index (κ2) is 8.59. The molecule has 3 rings (SSSR count). The van der Waals surface area contributed by atoms with Crippen LogP contribution in [0.3, 0.4) is 0 Å². The molecule has 0 spiro atoms. The number of carbonyl (C=O) groups is 2. The number of benzene rings is 2. The van der Waals surface area contributed by atoms with E-state index in [-0.39, 0.29) is 11.5 Å². The molecule has 1 aromatic heterocycles. The summed E-state index contributed by atoms with van der Waals surface area (Å²) in [7, 11) is 6.23. The van der Waals surface area contributed by atoms with Crippen LogP contribution < -0.4 is 14.8 Å². The van der Waals surface area contributed by atoms with Crippen LogP contribution in [0.5, 0.6) is 11.5 Å². The molecule has 0 unspecified atom stereocenters. The largest absolute Gasteiger partial charge is 0.493 e. The summed E-state index contributed by atoms with van der Waals surface area (Å²) in [6.45, 7) is 1.75. The van der Waals surface area contributed by atoms with Gasteiger partial charge in [-0.2, -0.15) is 0 Å². The van der Waals surface area contributed by atoms with Crippen molar-refractivity contribution in [2.24, 2.45) is 0 Å². The van der Waals surface area contributed by atoms with E-state index in [0.717, 1.165) is 10.9 Å². The Balaban J connectivity index is 2.06. The predicted molar refractivity (Wildman–Crippen MR) is 117 cm³/mol. The van der Waals surface area contributed by atoms with Gasteiger partial charge in [-0.1, -0.05) is 11.6 Å². The number of aromatic nitrogens is 1. The van der Waals surface area contributed by atoms with E-state index in [1.54, 1.807) is 57.4 Å². The molecule has 2 aromatic carbocycles. The molecule has 7 nitrogen and oxygen atoms in total. The summed E-state index contributed by atoms with van der Waals surface area (Å²) in [4.78, 5) is 31.7. The van der Waals surface area contributed by atoms with E-state index in [2.05, 4.69) is 10.3 Å². The molecule has 3 aromatic rings. The second-order valence-corrected chi connectivity index (χ2v) is 7.30. The third kappa shape index (κ3) is 4.16. The van der Waals surface area contributed by atoms with Gasteiger partial charge in [0.1, 0.15) is 0 Å². The Bertz CT molecular complexity index is 1140. The van der Waals surface area contributed by atoms with Crippen LogP contribution in [0.25, 0.3) is 10.9 Å². The zero-order valence-corrected chi connectivity index (χ0v) is 18.1. The molecule has 1 N–H and O–H groups in total. The van der Waals surface area contributed by atoms with Gasteiger partial charge in [0, 0.05) is 30.6 Å². The lowest BCUT2D eigenvalue weighted by atomic mass is 10.1. The standard InChI is InChI=1S/C22H22ClN3O4/c1-12-15(9-13-8-14(23)6-7-17(13)24-12)21(27)25-18-11-20(30-5)19(29-4)10-16(18)22(28)26(2)3/h6-11H,1-5H3,(H,25,27). The van der Waals surface area contributed by atoms with Crippen molar-refractivity contribution in [2.75, 3.05) is 33.6 Å². The van der Waals surface area contributed by atoms with Crippen molar-refractivity contribution in [3.05, 3.63) is 58.2 Å². The lowest BCUT2D eigenvalue weighted by molar-refractivity contribution is 0.0828. The normalized spacial score (nSPS) is 10.6. The van der Waals surface area contributed by atoms with Gasteiger partial charge < -0.3 is 19.7 Å². The predicted octanol–water partition coefficient (Wildman–Crippen LogP) is 4.17. The van der Waals surface area contributed by atoms with Gasteiger partial charge in [-0.25, -0.2) is 0 Å². The Kier molecular flexibility index (Phi) is 6.12. The number of rotatable bonds is 5. The van der Waals surface area contributed by atoms with E-state index in [4.69, 9.17) is 21.1 Å². The summed E-state index contributed by atoms with van der Waals surface area (Å²) >= 11 is 6.07. The van der Waals surface area contributed by atoms with E-state index >= 15 is 0 Å². The minimum atomic E-state index is -0.401. The van der Waals surface area contributed by atoms with Crippen LogP contribution >= 0.6 is 11.6 Å². The van der Waals surface area contributed by atoms with Gasteiger partial charge in [0.2, 0.25) is 0 Å². The van der Waals surface area contributed by atoms with Crippen molar-refractivity contribution >= 4 is 40.0 Å². The fourth-order valence-corrected chi connectivity index (χ4v) is 3.24. The molecule has 2 amide bonds. The highest BCUT2D eigenvalue weighted by Gasteiger charge is 2.21. The SMILES string of the molecule is COc1cc(NC(=O)c2cc3cc(Cl)ccc3nc2C)c(C(=O)N(C)C)cc1OC. The highest BCUT2D eigenvalue weighted by Crippen LogP contribution is 2.34. The van der Waals surface area contributed by atoms with Crippen LogP contribution in [0.15, 0.2) is 36.4 Å². The molecule has 0 saturated heterocycles. The Morgan fingerprint density at radius 1 is 1.00 bits per heavy atom. The van der Waals surface area contributed by atoms with Crippen molar-refractivity contribution < 1.29 is 19.1 Å². The maximum atomic E-state index is 13.1. The molecule has 0 saturated carbocycles. The van der Waals surface area contributed by atoms with Crippen molar-refractivity contribution in [3.63, 3.8) is 0 Å². The maximum absolute atomic E-state index is 13.1. The number of methoxy groups -OCH3 is 2. The Labute approximate surface area is 179 Å². The Morgan fingerprint density at radius 3 is 2.30 bits per heavy atom. The lowest BCUT2D eigenvalue weighted by Crippen LogP contribution is -2.24. The minimum absolute atomic E-state index is 0.278. The first kappa shape index (κ1) is 21.4. The zero-order chi connectivity index (χ0) is 22.0. The van der Waals surface area contributed by atoms with Gasteiger partial charge in [-0.3, -0.25) is 14.6 Å². The van der Waals surface area contributed by atoms with Crippen LogP contribution in [0.4, 0.5) is 5.69 Å². The Morgan fingerprint density at radius 2 is 1.67 bits per heavy atom. The molecule has 0 aliphatic rings. The van der Waals surface area contributed by atoms with Gasteiger partial charge in [-0.15, -0.1) is 0 Å². The first-order chi connectivity index (χ1) is 14.2. The average molecular weight is 428 g/mol. The number of fused-ring (bicyclic) bond motifs is 1. The molecule has 0 atom stereocenters. The number of pyridine rings is 1. The number of amides is 2. The van der Waals surface area contributed by atoms with Crippen LogP contribution in [0.2, 0.25) is 5.02 Å². The van der Waals surface area contributed by atoms with E-state index in [1.165, 1.54) is 19.1 Å². The van der Waals surface area contributed by atoms with Crippen molar-refractivity contribution in [1.29, 1.82) is 0 Å². The number of anilines is 1. The summed E-state index contributed by atoms with van der Waals surface area (Å²) in [5, 5.41) is 4.11.